The quantitative estimate of drug-likeness (QED) is 0.795. The highest BCUT2D eigenvalue weighted by Gasteiger charge is 2.07. The Morgan fingerprint density at radius 2 is 2.20 bits per heavy atom. The van der Waals surface area contributed by atoms with Crippen molar-refractivity contribution in [2.75, 3.05) is 0 Å². The molecule has 0 saturated carbocycles. The van der Waals surface area contributed by atoms with Gasteiger partial charge < -0.3 is 4.98 Å². The van der Waals surface area contributed by atoms with Crippen molar-refractivity contribution in [2.24, 2.45) is 0 Å². The Morgan fingerprint density at radius 1 is 1.40 bits per heavy atom. The fraction of sp³-hybridized carbons (Fsp3) is 0.250. The van der Waals surface area contributed by atoms with Crippen LogP contribution in [-0.2, 0) is 6.42 Å². The Kier molecular flexibility index (Phi) is 2.46. The Labute approximate surface area is 88.4 Å². The number of nitrogens with one attached hydrogen (secondary N) is 1. The van der Waals surface area contributed by atoms with Crippen molar-refractivity contribution in [2.45, 2.75) is 20.3 Å². The van der Waals surface area contributed by atoms with Gasteiger partial charge >= 0.3 is 5.69 Å². The molecule has 0 unspecified atom stereocenters. The van der Waals surface area contributed by atoms with Crippen LogP contribution in [0.25, 0.3) is 5.69 Å². The van der Waals surface area contributed by atoms with Crippen LogP contribution in [0.2, 0.25) is 0 Å². The van der Waals surface area contributed by atoms with Crippen molar-refractivity contribution in [3.8, 4) is 5.69 Å². The van der Waals surface area contributed by atoms with E-state index in [1.54, 1.807) is 17.0 Å². The second-order valence-corrected chi connectivity index (χ2v) is 3.57. The average molecular weight is 202 g/mol. The monoisotopic (exact) mass is 202 g/mol. The molecule has 0 radical (unpaired) electrons. The van der Waals surface area contributed by atoms with E-state index in [0.717, 1.165) is 17.7 Å². The van der Waals surface area contributed by atoms with Gasteiger partial charge in [0.25, 0.3) is 0 Å². The first-order chi connectivity index (χ1) is 7.24. The van der Waals surface area contributed by atoms with E-state index in [-0.39, 0.29) is 5.69 Å². The maximum Gasteiger partial charge on any atom is 0.330 e. The summed E-state index contributed by atoms with van der Waals surface area (Å²) >= 11 is 0. The first-order valence-electron chi connectivity index (χ1n) is 5.09. The summed E-state index contributed by atoms with van der Waals surface area (Å²) in [4.78, 5) is 14.2. The molecule has 0 aliphatic carbocycles. The molecule has 15 heavy (non-hydrogen) atoms. The van der Waals surface area contributed by atoms with Crippen LogP contribution in [0.1, 0.15) is 18.1 Å². The van der Waals surface area contributed by atoms with Gasteiger partial charge in [-0.3, -0.25) is 4.57 Å². The van der Waals surface area contributed by atoms with Crippen molar-refractivity contribution in [3.05, 3.63) is 52.2 Å². The predicted octanol–water partition coefficient (Wildman–Crippen LogP) is 2.04. The number of hydrogen-bond acceptors (Lipinski definition) is 1. The van der Waals surface area contributed by atoms with E-state index in [2.05, 4.69) is 18.0 Å². The van der Waals surface area contributed by atoms with Crippen LogP contribution in [0.5, 0.6) is 0 Å². The van der Waals surface area contributed by atoms with Gasteiger partial charge in [0.1, 0.15) is 0 Å². The topological polar surface area (TPSA) is 37.8 Å². The second kappa shape index (κ2) is 3.77. The van der Waals surface area contributed by atoms with Gasteiger partial charge in [0.15, 0.2) is 0 Å². The number of hydrogen-bond donors (Lipinski definition) is 1. The van der Waals surface area contributed by atoms with Crippen molar-refractivity contribution < 1.29 is 0 Å². The molecule has 0 saturated heterocycles. The molecule has 1 N–H and O–H groups in total. The number of imidazole rings is 1. The first-order valence-corrected chi connectivity index (χ1v) is 5.09. The average Bonchev–Trinajstić information content (AvgIpc) is 2.64. The molecule has 3 nitrogen and oxygen atoms in total. The summed E-state index contributed by atoms with van der Waals surface area (Å²) in [5.41, 5.74) is 3.23. The third-order valence-electron chi connectivity index (χ3n) is 2.59. The van der Waals surface area contributed by atoms with Gasteiger partial charge in [-0.05, 0) is 24.5 Å². The molecule has 1 aromatic carbocycles. The SMILES string of the molecule is CCc1cccc(C)c1-n1cc[nH]c1=O. The minimum atomic E-state index is -0.0843. The summed E-state index contributed by atoms with van der Waals surface area (Å²) in [6.07, 6.45) is 4.35. The maximum absolute atomic E-state index is 11.5. The zero-order valence-corrected chi connectivity index (χ0v) is 8.95. The molecule has 3 heteroatoms. The minimum absolute atomic E-state index is 0.0843. The highest BCUT2D eigenvalue weighted by molar-refractivity contribution is 5.47. The Hall–Kier alpha value is -1.77. The summed E-state index contributed by atoms with van der Waals surface area (Å²) in [6.45, 7) is 4.11. The number of benzene rings is 1. The van der Waals surface area contributed by atoms with Crippen LogP contribution in [0, 0.1) is 6.92 Å². The molecule has 0 atom stereocenters. The van der Waals surface area contributed by atoms with Gasteiger partial charge in [0, 0.05) is 12.4 Å². The van der Waals surface area contributed by atoms with E-state index in [4.69, 9.17) is 0 Å². The number of aromatic amines is 1. The Bertz CT molecular complexity index is 522. The molecule has 2 rings (SSSR count). The van der Waals surface area contributed by atoms with E-state index < -0.39 is 0 Å². The smallest absolute Gasteiger partial charge is 0.312 e. The second-order valence-electron chi connectivity index (χ2n) is 3.57. The van der Waals surface area contributed by atoms with Crippen LogP contribution < -0.4 is 5.69 Å². The van der Waals surface area contributed by atoms with E-state index >= 15 is 0 Å². The molecular formula is C12H14N2O. The lowest BCUT2D eigenvalue weighted by atomic mass is 10.1. The van der Waals surface area contributed by atoms with Gasteiger partial charge in [-0.15, -0.1) is 0 Å². The fourth-order valence-electron chi connectivity index (χ4n) is 1.85. The van der Waals surface area contributed by atoms with Crippen molar-refractivity contribution >= 4 is 0 Å². The van der Waals surface area contributed by atoms with E-state index in [0.29, 0.717) is 0 Å². The summed E-state index contributed by atoms with van der Waals surface area (Å²) in [5.74, 6) is 0. The summed E-state index contributed by atoms with van der Waals surface area (Å²) < 4.78 is 1.66. The number of aryl methyl sites for hydroxylation is 2. The van der Waals surface area contributed by atoms with Gasteiger partial charge in [0.05, 0.1) is 5.69 Å². The molecule has 0 fully saturated rings. The maximum atomic E-state index is 11.5. The molecule has 0 spiro atoms. The largest absolute Gasteiger partial charge is 0.330 e. The molecule has 1 aromatic heterocycles. The molecule has 78 valence electrons. The zero-order valence-electron chi connectivity index (χ0n) is 8.95. The minimum Gasteiger partial charge on any atom is -0.312 e. The number of H-pyrrole nitrogens is 1. The molecule has 0 aliphatic heterocycles. The third kappa shape index (κ3) is 1.61. The van der Waals surface area contributed by atoms with E-state index in [1.807, 2.05) is 19.1 Å². The lowest BCUT2D eigenvalue weighted by molar-refractivity contribution is 0.943. The summed E-state index contributed by atoms with van der Waals surface area (Å²) in [6, 6.07) is 6.10. The Morgan fingerprint density at radius 3 is 2.80 bits per heavy atom. The van der Waals surface area contributed by atoms with Crippen molar-refractivity contribution in [1.29, 1.82) is 0 Å². The molecule has 2 aromatic rings. The highest BCUT2D eigenvalue weighted by Crippen LogP contribution is 2.18. The molecular weight excluding hydrogens is 188 g/mol. The Balaban J connectivity index is 2.71. The van der Waals surface area contributed by atoms with Gasteiger partial charge in [-0.2, -0.15) is 0 Å². The number of nitrogens with zero attached hydrogens (tertiary/aromatic N) is 1. The number of rotatable bonds is 2. The summed E-state index contributed by atoms with van der Waals surface area (Å²) in [7, 11) is 0. The third-order valence-corrected chi connectivity index (χ3v) is 2.59. The van der Waals surface area contributed by atoms with Crippen molar-refractivity contribution in [1.82, 2.24) is 9.55 Å². The van der Waals surface area contributed by atoms with Gasteiger partial charge in [-0.25, -0.2) is 4.79 Å². The predicted molar refractivity (Wildman–Crippen MR) is 60.5 cm³/mol. The van der Waals surface area contributed by atoms with Crippen LogP contribution in [0.3, 0.4) is 0 Å². The molecule has 0 aliphatic rings. The fourth-order valence-corrected chi connectivity index (χ4v) is 1.85. The number of aromatic nitrogens is 2. The zero-order chi connectivity index (χ0) is 10.8. The van der Waals surface area contributed by atoms with E-state index in [9.17, 15) is 4.79 Å². The molecule has 0 amide bonds. The number of para-hydroxylation sites is 1. The van der Waals surface area contributed by atoms with E-state index in [1.165, 1.54) is 5.56 Å². The molecule has 1 heterocycles. The van der Waals surface area contributed by atoms with Crippen LogP contribution >= 0.6 is 0 Å². The van der Waals surface area contributed by atoms with Crippen LogP contribution in [-0.4, -0.2) is 9.55 Å². The van der Waals surface area contributed by atoms with Crippen LogP contribution in [0.15, 0.2) is 35.4 Å². The standard InChI is InChI=1S/C12H14N2O/c1-3-10-6-4-5-9(2)11(10)14-8-7-13-12(14)15/h4-8H,3H2,1-2H3,(H,13,15). The summed E-state index contributed by atoms with van der Waals surface area (Å²) in [5, 5.41) is 0. The normalized spacial score (nSPS) is 10.5. The lowest BCUT2D eigenvalue weighted by Crippen LogP contribution is -2.16. The van der Waals surface area contributed by atoms with Crippen molar-refractivity contribution in [3.63, 3.8) is 0 Å². The highest BCUT2D eigenvalue weighted by atomic mass is 16.1. The molecule has 0 bridgehead atoms. The van der Waals surface area contributed by atoms with Crippen LogP contribution in [0.4, 0.5) is 0 Å². The van der Waals surface area contributed by atoms with Gasteiger partial charge in [0.2, 0.25) is 0 Å². The lowest BCUT2D eigenvalue weighted by Gasteiger charge is -2.10. The first kappa shape index (κ1) is 9.77. The van der Waals surface area contributed by atoms with Gasteiger partial charge in [-0.1, -0.05) is 25.1 Å².